The molecular weight excluding hydrogens is 345 g/mol. The minimum Gasteiger partial charge on any atom is -0.207 e. The maximum Gasteiger partial charge on any atom is 0.128 e. The van der Waals surface area contributed by atoms with E-state index in [1.807, 2.05) is 0 Å². The summed E-state index contributed by atoms with van der Waals surface area (Å²) in [6.07, 6.45) is 0. The van der Waals surface area contributed by atoms with E-state index in [1.54, 1.807) is 6.92 Å². The molecule has 0 nitrogen and oxygen atoms in total. The maximum atomic E-state index is 12.9. The zero-order valence-electron chi connectivity index (χ0n) is 5.59. The molecule has 0 atom stereocenters. The van der Waals surface area contributed by atoms with Crippen LogP contribution in [-0.2, 0) is 0 Å². The normalized spacial score (nSPS) is 10.3. The van der Waals surface area contributed by atoms with E-state index in [4.69, 9.17) is 11.6 Å². The summed E-state index contributed by atoms with van der Waals surface area (Å²) >= 11 is 11.0. The van der Waals surface area contributed by atoms with Crippen molar-refractivity contribution in [2.45, 2.75) is 6.92 Å². The first-order valence-electron chi connectivity index (χ1n) is 2.83. The second kappa shape index (κ2) is 3.58. The van der Waals surface area contributed by atoms with Gasteiger partial charge in [0.15, 0.2) is 0 Å². The number of hydrogen-bond donors (Lipinski definition) is 0. The Balaban J connectivity index is 3.46. The molecule has 0 spiro atoms. The van der Waals surface area contributed by atoms with Gasteiger partial charge in [0.2, 0.25) is 0 Å². The molecule has 1 aromatic rings. The quantitative estimate of drug-likeness (QED) is 0.375. The molecule has 0 heterocycles. The molecule has 0 aliphatic rings. The van der Waals surface area contributed by atoms with Crippen molar-refractivity contribution in [2.75, 3.05) is 0 Å². The molecule has 60 valence electrons. The van der Waals surface area contributed by atoms with Crippen LogP contribution >= 0.6 is 50.1 Å². The highest BCUT2D eigenvalue weighted by atomic mass is 127. The van der Waals surface area contributed by atoms with Crippen LogP contribution in [0.3, 0.4) is 0 Å². The summed E-state index contributed by atoms with van der Waals surface area (Å²) in [7, 11) is 0. The molecule has 1 aromatic carbocycles. The maximum absolute atomic E-state index is 12.9. The van der Waals surface area contributed by atoms with Gasteiger partial charge < -0.3 is 0 Å². The van der Waals surface area contributed by atoms with E-state index in [0.29, 0.717) is 10.6 Å². The van der Waals surface area contributed by atoms with Gasteiger partial charge in [-0.15, -0.1) is 0 Å². The number of halogens is 4. The molecule has 0 saturated carbocycles. The second-order valence-electron chi connectivity index (χ2n) is 2.09. The van der Waals surface area contributed by atoms with Gasteiger partial charge in [0.1, 0.15) is 5.82 Å². The molecule has 0 amide bonds. The van der Waals surface area contributed by atoms with Crippen LogP contribution < -0.4 is 0 Å². The lowest BCUT2D eigenvalue weighted by atomic mass is 10.2. The summed E-state index contributed by atoms with van der Waals surface area (Å²) < 4.78 is 14.5. The van der Waals surface area contributed by atoms with Crippen molar-refractivity contribution in [3.05, 3.63) is 30.5 Å². The van der Waals surface area contributed by atoms with E-state index >= 15 is 0 Å². The summed E-state index contributed by atoms with van der Waals surface area (Å²) in [4.78, 5) is 0. The number of hydrogen-bond acceptors (Lipinski definition) is 0. The van der Waals surface area contributed by atoms with Gasteiger partial charge in [-0.1, -0.05) is 11.6 Å². The van der Waals surface area contributed by atoms with Crippen LogP contribution in [0.5, 0.6) is 0 Å². The molecule has 0 aliphatic heterocycles. The van der Waals surface area contributed by atoms with E-state index in [0.717, 1.165) is 8.04 Å². The molecule has 0 radical (unpaired) electrons. The summed E-state index contributed by atoms with van der Waals surface area (Å²) in [6.45, 7) is 1.71. The van der Waals surface area contributed by atoms with Crippen molar-refractivity contribution < 1.29 is 4.39 Å². The van der Waals surface area contributed by atoms with E-state index in [9.17, 15) is 4.39 Å². The van der Waals surface area contributed by atoms with Crippen molar-refractivity contribution in [2.24, 2.45) is 0 Å². The van der Waals surface area contributed by atoms with Gasteiger partial charge in [-0.25, -0.2) is 4.39 Å². The highest BCUT2D eigenvalue weighted by Gasteiger charge is 2.09. The van der Waals surface area contributed by atoms with Crippen molar-refractivity contribution in [3.8, 4) is 0 Å². The van der Waals surface area contributed by atoms with Gasteiger partial charge in [-0.2, -0.15) is 0 Å². The first-order chi connectivity index (χ1) is 5.04. The summed E-state index contributed by atoms with van der Waals surface area (Å²) in [5.41, 5.74) is 0.596. The molecule has 0 saturated heterocycles. The van der Waals surface area contributed by atoms with Crippen molar-refractivity contribution in [1.29, 1.82) is 0 Å². The first kappa shape index (κ1) is 9.74. The lowest BCUT2D eigenvalue weighted by Crippen LogP contribution is -1.88. The third kappa shape index (κ3) is 1.87. The molecule has 0 bridgehead atoms. The Bertz CT molecular complexity index is 275. The Labute approximate surface area is 91.4 Å². The minimum atomic E-state index is -0.276. The van der Waals surface area contributed by atoms with E-state index < -0.39 is 0 Å². The molecule has 0 aliphatic carbocycles. The zero-order chi connectivity index (χ0) is 8.59. The third-order valence-corrected chi connectivity index (χ3v) is 4.81. The van der Waals surface area contributed by atoms with Crippen molar-refractivity contribution >= 4 is 50.1 Å². The molecule has 4 heteroatoms. The molecule has 0 fully saturated rings. The van der Waals surface area contributed by atoms with Gasteiger partial charge in [-0.3, -0.25) is 0 Å². The predicted octanol–water partition coefficient (Wildman–Crippen LogP) is 4.15. The van der Waals surface area contributed by atoms with Crippen LogP contribution in [-0.4, -0.2) is 0 Å². The van der Waals surface area contributed by atoms with Crippen LogP contribution in [0.25, 0.3) is 0 Å². The van der Waals surface area contributed by atoms with Crippen molar-refractivity contribution in [3.63, 3.8) is 0 Å². The van der Waals surface area contributed by atoms with Gasteiger partial charge >= 0.3 is 0 Å². The fourth-order valence-electron chi connectivity index (χ4n) is 0.657. The fraction of sp³-hybridized carbons (Fsp3) is 0.143. The highest BCUT2D eigenvalue weighted by Crippen LogP contribution is 2.31. The lowest BCUT2D eigenvalue weighted by Gasteiger charge is -2.03. The van der Waals surface area contributed by atoms with E-state index in [1.165, 1.54) is 6.07 Å². The zero-order valence-corrected chi connectivity index (χ0v) is 10.1. The van der Waals surface area contributed by atoms with Crippen LogP contribution in [0, 0.1) is 16.3 Å². The standard InChI is InChI=1S/C7H4BrClFI/c1-3-5(10)2-4(9)7(11)6(3)8/h2H,1H3. The summed E-state index contributed by atoms with van der Waals surface area (Å²) in [5, 5.41) is 0.445. The molecule has 0 N–H and O–H groups in total. The fourth-order valence-corrected chi connectivity index (χ4v) is 1.92. The minimum absolute atomic E-state index is 0.276. The molecule has 0 unspecified atom stereocenters. The predicted molar refractivity (Wildman–Crippen MR) is 56.6 cm³/mol. The average Bonchev–Trinajstić information content (AvgIpc) is 1.97. The SMILES string of the molecule is Cc1c(F)cc(Cl)c(I)c1Br. The summed E-state index contributed by atoms with van der Waals surface area (Å²) in [5.74, 6) is -0.276. The molecule has 0 aromatic heterocycles. The van der Waals surface area contributed by atoms with Gasteiger partial charge in [0.05, 0.1) is 5.02 Å². The Morgan fingerprint density at radius 2 is 2.18 bits per heavy atom. The van der Waals surface area contributed by atoms with Crippen LogP contribution in [0.1, 0.15) is 5.56 Å². The van der Waals surface area contributed by atoms with Gasteiger partial charge in [0.25, 0.3) is 0 Å². The Morgan fingerprint density at radius 3 is 2.73 bits per heavy atom. The number of rotatable bonds is 0. The Kier molecular flexibility index (Phi) is 3.17. The molecular formula is C7H4BrClFI. The highest BCUT2D eigenvalue weighted by molar-refractivity contribution is 14.1. The number of benzene rings is 1. The van der Waals surface area contributed by atoms with E-state index in [2.05, 4.69) is 38.5 Å². The van der Waals surface area contributed by atoms with Gasteiger partial charge in [0, 0.05) is 13.6 Å². The monoisotopic (exact) mass is 348 g/mol. The average molecular weight is 349 g/mol. The Morgan fingerprint density at radius 1 is 1.64 bits per heavy atom. The van der Waals surface area contributed by atoms with Crippen molar-refractivity contribution in [1.82, 2.24) is 0 Å². The second-order valence-corrected chi connectivity index (χ2v) is 4.37. The van der Waals surface area contributed by atoms with Gasteiger partial charge in [-0.05, 0) is 51.5 Å². The molecule has 1 rings (SSSR count). The summed E-state index contributed by atoms with van der Waals surface area (Å²) in [6, 6.07) is 1.32. The molecule has 11 heavy (non-hydrogen) atoms. The van der Waals surface area contributed by atoms with Crippen LogP contribution in [0.15, 0.2) is 10.5 Å². The first-order valence-corrected chi connectivity index (χ1v) is 5.08. The lowest BCUT2D eigenvalue weighted by molar-refractivity contribution is 0.617. The smallest absolute Gasteiger partial charge is 0.128 e. The largest absolute Gasteiger partial charge is 0.207 e. The van der Waals surface area contributed by atoms with E-state index in [-0.39, 0.29) is 5.82 Å². The topological polar surface area (TPSA) is 0 Å². The Hall–Kier alpha value is 0.650. The third-order valence-electron chi connectivity index (χ3n) is 1.34. The van der Waals surface area contributed by atoms with Crippen LogP contribution in [0.4, 0.5) is 4.39 Å². The van der Waals surface area contributed by atoms with Crippen LogP contribution in [0.2, 0.25) is 5.02 Å².